The van der Waals surface area contributed by atoms with E-state index in [-0.39, 0.29) is 19.0 Å². The number of aliphatic hydroxyl groups excluding tert-OH is 1. The van der Waals surface area contributed by atoms with Gasteiger partial charge in [-0.25, -0.2) is 19.1 Å². The highest BCUT2D eigenvalue weighted by molar-refractivity contribution is 7.45. The number of nitrogens with two attached hydrogens (primary N) is 1. The lowest BCUT2D eigenvalue weighted by molar-refractivity contribution is -0.689. The number of hydrogen-bond acceptors (Lipinski definition) is 8. The van der Waals surface area contributed by atoms with Crippen molar-refractivity contribution in [3.63, 3.8) is 0 Å². The SMILES string of the molecule is CC(=O)O.Cc1ncc(C[n+]2csc(CCO)c2C)c(N)n1.Cl.O=P(O)(O)O.O=P(O)(O)O. The Morgan fingerprint density at radius 2 is 1.55 bits per heavy atom. The molecule has 192 valence electrons. The average molecular weight is 558 g/mol. The highest BCUT2D eigenvalue weighted by atomic mass is 35.5. The van der Waals surface area contributed by atoms with E-state index in [0.29, 0.717) is 24.6 Å². The second-order valence-electron chi connectivity index (χ2n) is 5.71. The number of carboxylic acids is 1. The smallest absolute Gasteiger partial charge is 0.466 e. The minimum absolute atomic E-state index is 0. The number of thiazole rings is 1. The minimum atomic E-state index is -4.64. The van der Waals surface area contributed by atoms with Gasteiger partial charge in [-0.2, -0.15) is 4.57 Å². The molecule has 0 radical (unpaired) electrons. The molecule has 0 atom stereocenters. The van der Waals surface area contributed by atoms with E-state index in [1.54, 1.807) is 17.5 Å². The first-order chi connectivity index (χ1) is 14.3. The molecule has 2 aromatic heterocycles. The molecule has 0 aliphatic rings. The Labute approximate surface area is 199 Å². The molecular formula is C14H28ClN4O11P2S+. The fourth-order valence-corrected chi connectivity index (χ4v) is 2.75. The number of aliphatic hydroxyl groups is 1. The van der Waals surface area contributed by atoms with Gasteiger partial charge in [0.05, 0.1) is 10.4 Å². The van der Waals surface area contributed by atoms with Gasteiger partial charge in [0.2, 0.25) is 5.51 Å². The van der Waals surface area contributed by atoms with Crippen LogP contribution in [0, 0.1) is 13.8 Å². The standard InChI is InChI=1S/C12H17N4OS.C2H4O2.ClH.2H3O4P/c1-8-11(3-4-17)18-7-16(8)6-10-5-14-9(2)15-12(10)13;1-2(3)4;;2*1-5(2,3)4/h5,7,17H,3-4,6H2,1-2H3,(H2,13,14,15);1H3,(H,3,4);1H;2*(H3,1,2,3,4)/q+1;;;;. The predicted octanol–water partition coefficient (Wildman–Crippen LogP) is -0.737. The number of aryl methyl sites for hydroxylation is 1. The summed E-state index contributed by atoms with van der Waals surface area (Å²) in [6.07, 6.45) is 2.47. The summed E-state index contributed by atoms with van der Waals surface area (Å²) >= 11 is 1.65. The molecule has 0 fully saturated rings. The quantitative estimate of drug-likeness (QED) is 0.165. The highest BCUT2D eigenvalue weighted by Crippen LogP contribution is 2.26. The molecule has 0 unspecified atom stereocenters. The van der Waals surface area contributed by atoms with Crippen LogP contribution in [-0.2, 0) is 26.9 Å². The number of nitrogen functional groups attached to an aromatic ring is 1. The summed E-state index contributed by atoms with van der Waals surface area (Å²) < 4.78 is 19.9. The number of rotatable bonds is 4. The number of carbonyl (C=O) groups is 1. The molecule has 0 saturated carbocycles. The predicted molar refractivity (Wildman–Crippen MR) is 119 cm³/mol. The zero-order chi connectivity index (χ0) is 25.7. The first kappa shape index (κ1) is 36.0. The lowest BCUT2D eigenvalue weighted by Gasteiger charge is -2.01. The van der Waals surface area contributed by atoms with Crippen LogP contribution in [0.15, 0.2) is 11.7 Å². The van der Waals surface area contributed by atoms with E-state index in [1.807, 2.05) is 19.4 Å². The summed E-state index contributed by atoms with van der Waals surface area (Å²) in [6, 6.07) is 0. The Morgan fingerprint density at radius 1 is 1.12 bits per heavy atom. The summed E-state index contributed by atoms with van der Waals surface area (Å²) in [5.74, 6) is 0.383. The Bertz CT molecular complexity index is 911. The molecule has 0 bridgehead atoms. The summed E-state index contributed by atoms with van der Waals surface area (Å²) in [5, 5.41) is 16.4. The van der Waals surface area contributed by atoms with Crippen LogP contribution in [0.1, 0.15) is 28.9 Å². The van der Waals surface area contributed by atoms with Gasteiger partial charge < -0.3 is 45.3 Å². The van der Waals surface area contributed by atoms with Gasteiger partial charge in [-0.3, -0.25) is 4.79 Å². The molecule has 0 aromatic carbocycles. The van der Waals surface area contributed by atoms with E-state index in [4.69, 9.17) is 59.2 Å². The van der Waals surface area contributed by atoms with Crippen LogP contribution >= 0.6 is 39.4 Å². The summed E-state index contributed by atoms with van der Waals surface area (Å²) in [5.41, 5.74) is 10.0. The summed E-state index contributed by atoms with van der Waals surface area (Å²) in [6.45, 7) is 5.80. The molecule has 10 N–H and O–H groups in total. The lowest BCUT2D eigenvalue weighted by atomic mass is 10.2. The summed E-state index contributed by atoms with van der Waals surface area (Å²) in [4.78, 5) is 61.7. The number of hydrogen-bond donors (Lipinski definition) is 9. The molecule has 2 aromatic rings. The third-order valence-corrected chi connectivity index (χ3v) is 4.00. The monoisotopic (exact) mass is 557 g/mol. The summed E-state index contributed by atoms with van der Waals surface area (Å²) in [7, 11) is -9.28. The molecule has 2 rings (SSSR count). The normalized spacial score (nSPS) is 10.2. The Hall–Kier alpha value is -1.55. The van der Waals surface area contributed by atoms with E-state index in [0.717, 1.165) is 18.2 Å². The van der Waals surface area contributed by atoms with Gasteiger partial charge in [-0.1, -0.05) is 11.3 Å². The van der Waals surface area contributed by atoms with Crippen molar-refractivity contribution in [3.8, 4) is 0 Å². The zero-order valence-corrected chi connectivity index (χ0v) is 21.1. The van der Waals surface area contributed by atoms with Crippen molar-refractivity contribution < 1.29 is 58.1 Å². The molecule has 19 heteroatoms. The molecule has 0 aliphatic carbocycles. The molecule has 15 nitrogen and oxygen atoms in total. The van der Waals surface area contributed by atoms with Crippen LogP contribution in [0.5, 0.6) is 0 Å². The van der Waals surface area contributed by atoms with Crippen molar-refractivity contribution >= 4 is 51.2 Å². The fourth-order valence-electron chi connectivity index (χ4n) is 1.77. The number of halogens is 1. The largest absolute Gasteiger partial charge is 0.481 e. The molecule has 0 aliphatic heterocycles. The zero-order valence-electron chi connectivity index (χ0n) is 17.7. The van der Waals surface area contributed by atoms with Crippen LogP contribution < -0.4 is 10.3 Å². The lowest BCUT2D eigenvalue weighted by Crippen LogP contribution is -2.35. The third kappa shape index (κ3) is 24.9. The van der Waals surface area contributed by atoms with Crippen LogP contribution in [0.2, 0.25) is 0 Å². The first-order valence-corrected chi connectivity index (χ1v) is 12.3. The highest BCUT2D eigenvalue weighted by Gasteiger charge is 2.17. The third-order valence-electron chi connectivity index (χ3n) is 2.85. The molecule has 0 spiro atoms. The molecule has 2 heterocycles. The molecule has 0 saturated heterocycles. The number of aromatic nitrogens is 3. The average Bonchev–Trinajstić information content (AvgIpc) is 2.87. The van der Waals surface area contributed by atoms with Crippen molar-refractivity contribution in [2.24, 2.45) is 0 Å². The van der Waals surface area contributed by atoms with Gasteiger partial charge in [0.1, 0.15) is 11.6 Å². The van der Waals surface area contributed by atoms with Crippen LogP contribution in [0.25, 0.3) is 0 Å². The van der Waals surface area contributed by atoms with Gasteiger partial charge in [0, 0.05) is 33.1 Å². The maximum atomic E-state index is 9.00. The number of aliphatic carboxylic acids is 1. The van der Waals surface area contributed by atoms with Gasteiger partial charge in [-0.15, -0.1) is 12.4 Å². The van der Waals surface area contributed by atoms with E-state index >= 15 is 0 Å². The molecular weight excluding hydrogens is 530 g/mol. The van der Waals surface area contributed by atoms with E-state index in [1.165, 1.54) is 4.88 Å². The minimum Gasteiger partial charge on any atom is -0.481 e. The maximum Gasteiger partial charge on any atom is 0.466 e. The first-order valence-electron chi connectivity index (χ1n) is 8.26. The van der Waals surface area contributed by atoms with Gasteiger partial charge >= 0.3 is 15.6 Å². The molecule has 0 amide bonds. The van der Waals surface area contributed by atoms with Gasteiger partial charge in [-0.05, 0) is 6.92 Å². The number of nitrogens with zero attached hydrogens (tertiary/aromatic N) is 3. The van der Waals surface area contributed by atoms with Crippen LogP contribution in [0.4, 0.5) is 5.82 Å². The Balaban J connectivity index is -0.000000497. The second kappa shape index (κ2) is 17.0. The van der Waals surface area contributed by atoms with Gasteiger partial charge in [0.15, 0.2) is 12.2 Å². The maximum absolute atomic E-state index is 9.00. The number of carboxylic acid groups (broad SMARTS) is 1. The van der Waals surface area contributed by atoms with Crippen molar-refractivity contribution in [1.29, 1.82) is 0 Å². The topological polar surface area (TPSA) is 269 Å². The molecule has 33 heavy (non-hydrogen) atoms. The van der Waals surface area contributed by atoms with Crippen LogP contribution in [0.3, 0.4) is 0 Å². The van der Waals surface area contributed by atoms with Crippen molar-refractivity contribution in [2.45, 2.75) is 33.7 Å². The Morgan fingerprint density at radius 3 is 1.91 bits per heavy atom. The van der Waals surface area contributed by atoms with E-state index in [2.05, 4.69) is 14.5 Å². The van der Waals surface area contributed by atoms with Crippen molar-refractivity contribution in [1.82, 2.24) is 9.97 Å². The number of phosphoric acid groups is 2. The van der Waals surface area contributed by atoms with E-state index in [9.17, 15) is 0 Å². The van der Waals surface area contributed by atoms with Crippen LogP contribution in [-0.4, -0.2) is 62.1 Å². The van der Waals surface area contributed by atoms with Crippen molar-refractivity contribution in [3.05, 3.63) is 33.7 Å². The number of anilines is 1. The second-order valence-corrected chi connectivity index (χ2v) is 8.70. The van der Waals surface area contributed by atoms with E-state index < -0.39 is 21.6 Å². The fraction of sp³-hybridized carbons (Fsp3) is 0.429. The van der Waals surface area contributed by atoms with Gasteiger partial charge in [0.25, 0.3) is 5.97 Å². The van der Waals surface area contributed by atoms with Crippen molar-refractivity contribution in [2.75, 3.05) is 12.3 Å². The Kier molecular flexibility index (Phi) is 18.5.